The quantitative estimate of drug-likeness (QED) is 0.770. The van der Waals surface area contributed by atoms with Gasteiger partial charge in [-0.15, -0.1) is 0 Å². The molecule has 0 amide bonds. The summed E-state index contributed by atoms with van der Waals surface area (Å²) in [4.78, 5) is 0.258. The van der Waals surface area contributed by atoms with E-state index in [-0.39, 0.29) is 16.9 Å². The molecule has 1 unspecified atom stereocenters. The van der Waals surface area contributed by atoms with Gasteiger partial charge in [0, 0.05) is 11.4 Å². The molecule has 108 valence electrons. The Labute approximate surface area is 123 Å². The maximum Gasteiger partial charge on any atom is 0.240 e. The number of ether oxygens (including phenoxy) is 1. The number of sulfonamides is 1. The van der Waals surface area contributed by atoms with Crippen LogP contribution in [0.3, 0.4) is 0 Å². The maximum absolute atomic E-state index is 12.3. The Morgan fingerprint density at radius 2 is 1.84 bits per heavy atom. The molecular formula is C13H20BrNO3S. The van der Waals surface area contributed by atoms with E-state index in [1.54, 1.807) is 31.4 Å². The van der Waals surface area contributed by atoms with Crippen molar-refractivity contribution in [2.45, 2.75) is 31.2 Å². The highest BCUT2D eigenvalue weighted by Gasteiger charge is 2.21. The summed E-state index contributed by atoms with van der Waals surface area (Å²) in [5, 5.41) is 0.765. The fourth-order valence-electron chi connectivity index (χ4n) is 1.67. The molecular weight excluding hydrogens is 330 g/mol. The molecule has 1 aromatic rings. The first-order valence-electron chi connectivity index (χ1n) is 6.13. The van der Waals surface area contributed by atoms with Crippen LogP contribution in [0, 0.1) is 5.92 Å². The van der Waals surface area contributed by atoms with Crippen molar-refractivity contribution in [3.8, 4) is 5.75 Å². The smallest absolute Gasteiger partial charge is 0.240 e. The van der Waals surface area contributed by atoms with Gasteiger partial charge in [-0.25, -0.2) is 13.1 Å². The molecule has 0 aliphatic rings. The Hall–Kier alpha value is -0.590. The van der Waals surface area contributed by atoms with Crippen LogP contribution in [0.5, 0.6) is 5.75 Å². The average Bonchev–Trinajstić information content (AvgIpc) is 2.38. The van der Waals surface area contributed by atoms with Crippen LogP contribution in [0.4, 0.5) is 0 Å². The number of halogens is 1. The molecule has 1 rings (SSSR count). The third kappa shape index (κ3) is 4.78. The number of alkyl halides is 1. The van der Waals surface area contributed by atoms with Crippen molar-refractivity contribution < 1.29 is 13.2 Å². The summed E-state index contributed by atoms with van der Waals surface area (Å²) in [5.41, 5.74) is 0. The molecule has 0 spiro atoms. The first kappa shape index (κ1) is 16.5. The highest BCUT2D eigenvalue weighted by Crippen LogP contribution is 2.17. The lowest BCUT2D eigenvalue weighted by Gasteiger charge is -2.21. The van der Waals surface area contributed by atoms with E-state index in [9.17, 15) is 8.42 Å². The summed E-state index contributed by atoms with van der Waals surface area (Å²) in [6.07, 6.45) is 0.757. The van der Waals surface area contributed by atoms with Crippen LogP contribution in [0.15, 0.2) is 29.2 Å². The second-order valence-corrected chi connectivity index (χ2v) is 7.13. The van der Waals surface area contributed by atoms with Gasteiger partial charge in [-0.05, 0) is 36.6 Å². The summed E-state index contributed by atoms with van der Waals surface area (Å²) in [5.74, 6) is 0.880. The lowest BCUT2D eigenvalue weighted by Crippen LogP contribution is -2.38. The van der Waals surface area contributed by atoms with Crippen LogP contribution in [0.1, 0.15) is 20.3 Å². The molecule has 0 fully saturated rings. The van der Waals surface area contributed by atoms with Gasteiger partial charge >= 0.3 is 0 Å². The second-order valence-electron chi connectivity index (χ2n) is 4.62. The lowest BCUT2D eigenvalue weighted by molar-refractivity contribution is 0.414. The zero-order chi connectivity index (χ0) is 14.5. The average molecular weight is 350 g/mol. The van der Waals surface area contributed by atoms with E-state index in [0.717, 1.165) is 11.8 Å². The van der Waals surface area contributed by atoms with E-state index >= 15 is 0 Å². The minimum absolute atomic E-state index is 0.0773. The lowest BCUT2D eigenvalue weighted by atomic mass is 10.0. The molecule has 1 aromatic carbocycles. The molecule has 1 atom stereocenters. The molecule has 0 saturated carbocycles. The van der Waals surface area contributed by atoms with Crippen molar-refractivity contribution in [1.29, 1.82) is 0 Å². The van der Waals surface area contributed by atoms with Gasteiger partial charge in [-0.3, -0.25) is 0 Å². The molecule has 0 saturated heterocycles. The Kier molecular flexibility index (Phi) is 6.29. The SMILES string of the molecule is COc1ccc(S(=O)(=O)NC(CCBr)C(C)C)cc1. The predicted octanol–water partition coefficient (Wildman–Crippen LogP) is 2.78. The number of hydrogen-bond acceptors (Lipinski definition) is 3. The molecule has 1 N–H and O–H groups in total. The second kappa shape index (κ2) is 7.26. The summed E-state index contributed by atoms with van der Waals surface area (Å²) in [6, 6.07) is 6.30. The minimum Gasteiger partial charge on any atom is -0.497 e. The van der Waals surface area contributed by atoms with E-state index < -0.39 is 10.0 Å². The standard InChI is InChI=1S/C13H20BrNO3S/c1-10(2)13(8-9-14)15-19(16,17)12-6-4-11(18-3)5-7-12/h4-7,10,13,15H,8-9H2,1-3H3. The van der Waals surface area contributed by atoms with Crippen molar-refractivity contribution in [1.82, 2.24) is 4.72 Å². The molecule has 4 nitrogen and oxygen atoms in total. The van der Waals surface area contributed by atoms with E-state index in [2.05, 4.69) is 20.7 Å². The first-order valence-corrected chi connectivity index (χ1v) is 8.73. The van der Waals surface area contributed by atoms with E-state index in [4.69, 9.17) is 4.74 Å². The van der Waals surface area contributed by atoms with Gasteiger partial charge in [-0.1, -0.05) is 29.8 Å². The maximum atomic E-state index is 12.3. The summed E-state index contributed by atoms with van der Waals surface area (Å²) in [6.45, 7) is 4.01. The highest BCUT2D eigenvalue weighted by molar-refractivity contribution is 9.09. The molecule has 0 aromatic heterocycles. The minimum atomic E-state index is -3.48. The zero-order valence-electron chi connectivity index (χ0n) is 11.4. The summed E-state index contributed by atoms with van der Waals surface area (Å²) < 4.78 is 32.3. The summed E-state index contributed by atoms with van der Waals surface area (Å²) >= 11 is 3.35. The van der Waals surface area contributed by atoms with Crippen LogP contribution < -0.4 is 9.46 Å². The van der Waals surface area contributed by atoms with Crippen molar-refractivity contribution in [3.05, 3.63) is 24.3 Å². The van der Waals surface area contributed by atoms with E-state index in [1.807, 2.05) is 13.8 Å². The normalized spacial score (nSPS) is 13.5. The highest BCUT2D eigenvalue weighted by atomic mass is 79.9. The fraction of sp³-hybridized carbons (Fsp3) is 0.538. The van der Waals surface area contributed by atoms with Crippen molar-refractivity contribution in [2.24, 2.45) is 5.92 Å². The van der Waals surface area contributed by atoms with Gasteiger partial charge < -0.3 is 4.74 Å². The van der Waals surface area contributed by atoms with Gasteiger partial charge in [-0.2, -0.15) is 0 Å². The molecule has 0 aliphatic carbocycles. The van der Waals surface area contributed by atoms with E-state index in [1.165, 1.54) is 0 Å². The van der Waals surface area contributed by atoms with Crippen molar-refractivity contribution >= 4 is 26.0 Å². The number of benzene rings is 1. The van der Waals surface area contributed by atoms with Crippen molar-refractivity contribution in [2.75, 3.05) is 12.4 Å². The molecule has 0 radical (unpaired) electrons. The largest absolute Gasteiger partial charge is 0.497 e. The Morgan fingerprint density at radius 3 is 2.26 bits per heavy atom. The molecule has 0 bridgehead atoms. The molecule has 19 heavy (non-hydrogen) atoms. The molecule has 0 aliphatic heterocycles. The Balaban J connectivity index is 2.89. The fourth-order valence-corrected chi connectivity index (χ4v) is 3.58. The van der Waals surface area contributed by atoms with E-state index in [0.29, 0.717) is 5.75 Å². The molecule has 6 heteroatoms. The van der Waals surface area contributed by atoms with Crippen LogP contribution in [-0.4, -0.2) is 26.9 Å². The van der Waals surface area contributed by atoms with Crippen molar-refractivity contribution in [3.63, 3.8) is 0 Å². The third-order valence-corrected chi connectivity index (χ3v) is 4.86. The van der Waals surface area contributed by atoms with Crippen LogP contribution in [0.25, 0.3) is 0 Å². The number of nitrogens with one attached hydrogen (secondary N) is 1. The predicted molar refractivity (Wildman–Crippen MR) is 80.4 cm³/mol. The van der Waals surface area contributed by atoms with Gasteiger partial charge in [0.1, 0.15) is 5.75 Å². The number of methoxy groups -OCH3 is 1. The monoisotopic (exact) mass is 349 g/mol. The number of hydrogen-bond donors (Lipinski definition) is 1. The van der Waals surface area contributed by atoms with Gasteiger partial charge in [0.2, 0.25) is 10.0 Å². The van der Waals surface area contributed by atoms with Crippen LogP contribution >= 0.6 is 15.9 Å². The van der Waals surface area contributed by atoms with Gasteiger partial charge in [0.25, 0.3) is 0 Å². The third-order valence-electron chi connectivity index (χ3n) is 2.90. The number of rotatable bonds is 7. The topological polar surface area (TPSA) is 55.4 Å². The first-order chi connectivity index (χ1) is 8.90. The van der Waals surface area contributed by atoms with Crippen LogP contribution in [0.2, 0.25) is 0 Å². The Bertz CT molecular complexity index is 485. The molecule has 0 heterocycles. The summed E-state index contributed by atoms with van der Waals surface area (Å²) in [7, 11) is -1.93. The van der Waals surface area contributed by atoms with Gasteiger partial charge in [0.05, 0.1) is 12.0 Å². The van der Waals surface area contributed by atoms with Crippen LogP contribution in [-0.2, 0) is 10.0 Å². The zero-order valence-corrected chi connectivity index (χ0v) is 13.8. The Morgan fingerprint density at radius 1 is 1.26 bits per heavy atom. The van der Waals surface area contributed by atoms with Gasteiger partial charge in [0.15, 0.2) is 0 Å².